The van der Waals surface area contributed by atoms with E-state index in [1.54, 1.807) is 11.3 Å². The second kappa shape index (κ2) is 8.22. The number of carbonyl (C=O) groups excluding carboxylic acids is 1. The molecule has 0 saturated carbocycles. The quantitative estimate of drug-likeness (QED) is 0.781. The fourth-order valence-corrected chi connectivity index (χ4v) is 3.38. The molecule has 1 amide bonds. The van der Waals surface area contributed by atoms with Crippen molar-refractivity contribution in [1.82, 2.24) is 10.3 Å². The van der Waals surface area contributed by atoms with Gasteiger partial charge in [-0.25, -0.2) is 4.98 Å². The molecule has 0 atom stereocenters. The molecular formula is C18H25N3OS. The zero-order valence-electron chi connectivity index (χ0n) is 13.8. The Morgan fingerprint density at radius 1 is 1.26 bits per heavy atom. The maximum absolute atomic E-state index is 12.3. The Balaban J connectivity index is 1.95. The summed E-state index contributed by atoms with van der Waals surface area (Å²) in [5.74, 6) is -0.00397. The number of rotatable bonds is 8. The summed E-state index contributed by atoms with van der Waals surface area (Å²) in [7, 11) is 0. The highest BCUT2D eigenvalue weighted by atomic mass is 32.1. The summed E-state index contributed by atoms with van der Waals surface area (Å²) in [5.41, 5.74) is 7.60. The minimum absolute atomic E-state index is 0.00397. The zero-order chi connectivity index (χ0) is 16.7. The molecule has 1 heterocycles. The molecule has 1 aromatic heterocycles. The van der Waals surface area contributed by atoms with Crippen LogP contribution in [0, 0.1) is 0 Å². The summed E-state index contributed by atoms with van der Waals surface area (Å²) >= 11 is 1.61. The summed E-state index contributed by atoms with van der Waals surface area (Å²) in [6.07, 6.45) is 2.79. The first-order valence-corrected chi connectivity index (χ1v) is 8.97. The molecule has 0 spiro atoms. The lowest BCUT2D eigenvalue weighted by Crippen LogP contribution is -2.53. The van der Waals surface area contributed by atoms with E-state index in [0.717, 1.165) is 30.0 Å². The van der Waals surface area contributed by atoms with E-state index in [4.69, 9.17) is 5.73 Å². The minimum Gasteiger partial charge on any atom is -0.349 e. The third-order valence-electron chi connectivity index (χ3n) is 4.29. The van der Waals surface area contributed by atoms with Gasteiger partial charge < -0.3 is 11.1 Å². The largest absolute Gasteiger partial charge is 0.349 e. The average Bonchev–Trinajstić information content (AvgIpc) is 3.00. The molecule has 2 aromatic rings. The molecular weight excluding hydrogens is 306 g/mol. The minimum atomic E-state index is -0.292. The molecule has 1 aromatic carbocycles. The predicted molar refractivity (Wildman–Crippen MR) is 95.6 cm³/mol. The standard InChI is InChI=1S/C18H25N3OS/c1-3-18(4-2,13-19)21-16(22)11-15-12-23-17(20-15)10-14-8-6-5-7-9-14/h5-9,12H,3-4,10-11,13,19H2,1-2H3,(H,21,22). The fourth-order valence-electron chi connectivity index (χ4n) is 2.55. The molecule has 2 rings (SSSR count). The van der Waals surface area contributed by atoms with Crippen LogP contribution >= 0.6 is 11.3 Å². The molecule has 0 saturated heterocycles. The number of carbonyl (C=O) groups is 1. The molecule has 0 aliphatic rings. The van der Waals surface area contributed by atoms with E-state index >= 15 is 0 Å². The molecule has 124 valence electrons. The van der Waals surface area contributed by atoms with E-state index < -0.39 is 0 Å². The van der Waals surface area contributed by atoms with Gasteiger partial charge in [0.25, 0.3) is 0 Å². The fraction of sp³-hybridized carbons (Fsp3) is 0.444. The van der Waals surface area contributed by atoms with Crippen molar-refractivity contribution >= 4 is 17.2 Å². The zero-order valence-corrected chi connectivity index (χ0v) is 14.7. The van der Waals surface area contributed by atoms with Crippen molar-refractivity contribution in [2.24, 2.45) is 5.73 Å². The van der Waals surface area contributed by atoms with Crippen LogP contribution < -0.4 is 11.1 Å². The van der Waals surface area contributed by atoms with Crippen molar-refractivity contribution in [3.05, 3.63) is 52.0 Å². The van der Waals surface area contributed by atoms with Crippen LogP contribution in [0.3, 0.4) is 0 Å². The van der Waals surface area contributed by atoms with Gasteiger partial charge in [-0.2, -0.15) is 0 Å². The molecule has 4 nitrogen and oxygen atoms in total. The second-order valence-electron chi connectivity index (χ2n) is 5.81. The monoisotopic (exact) mass is 331 g/mol. The lowest BCUT2D eigenvalue weighted by molar-refractivity contribution is -0.122. The molecule has 0 bridgehead atoms. The Kier molecular flexibility index (Phi) is 6.30. The highest BCUT2D eigenvalue weighted by Gasteiger charge is 2.26. The number of hydrogen-bond donors (Lipinski definition) is 2. The van der Waals surface area contributed by atoms with E-state index in [2.05, 4.69) is 36.3 Å². The number of nitrogens with zero attached hydrogens (tertiary/aromatic N) is 1. The van der Waals surface area contributed by atoms with Crippen molar-refractivity contribution in [3.8, 4) is 0 Å². The van der Waals surface area contributed by atoms with E-state index in [1.807, 2.05) is 23.6 Å². The molecule has 0 fully saturated rings. The average molecular weight is 331 g/mol. The van der Waals surface area contributed by atoms with Crippen LogP contribution in [0.2, 0.25) is 0 Å². The molecule has 5 heteroatoms. The van der Waals surface area contributed by atoms with Gasteiger partial charge in [0.05, 0.1) is 22.7 Å². The second-order valence-corrected chi connectivity index (χ2v) is 6.75. The lowest BCUT2D eigenvalue weighted by Gasteiger charge is -2.31. The van der Waals surface area contributed by atoms with Crippen LogP contribution in [0.15, 0.2) is 35.7 Å². The summed E-state index contributed by atoms with van der Waals surface area (Å²) in [6, 6.07) is 10.2. The Morgan fingerprint density at radius 2 is 1.96 bits per heavy atom. The lowest BCUT2D eigenvalue weighted by atomic mass is 9.92. The highest BCUT2D eigenvalue weighted by molar-refractivity contribution is 7.09. The van der Waals surface area contributed by atoms with Crippen LogP contribution in [0.1, 0.15) is 43.0 Å². The molecule has 23 heavy (non-hydrogen) atoms. The number of nitrogens with one attached hydrogen (secondary N) is 1. The van der Waals surface area contributed by atoms with E-state index in [0.29, 0.717) is 13.0 Å². The van der Waals surface area contributed by atoms with Gasteiger partial charge in [-0.05, 0) is 18.4 Å². The molecule has 0 unspecified atom stereocenters. The van der Waals surface area contributed by atoms with Gasteiger partial charge in [-0.15, -0.1) is 11.3 Å². The van der Waals surface area contributed by atoms with Gasteiger partial charge in [0.15, 0.2) is 0 Å². The van der Waals surface area contributed by atoms with Crippen LogP contribution in [0.5, 0.6) is 0 Å². The van der Waals surface area contributed by atoms with Crippen molar-refractivity contribution in [3.63, 3.8) is 0 Å². The summed E-state index contributed by atoms with van der Waals surface area (Å²) in [5, 5.41) is 6.10. The normalized spacial score (nSPS) is 11.4. The Morgan fingerprint density at radius 3 is 2.57 bits per heavy atom. The van der Waals surface area contributed by atoms with Crippen molar-refractivity contribution in [2.75, 3.05) is 6.54 Å². The van der Waals surface area contributed by atoms with E-state index in [-0.39, 0.29) is 11.4 Å². The van der Waals surface area contributed by atoms with Crippen LogP contribution in [0.4, 0.5) is 0 Å². The number of hydrogen-bond acceptors (Lipinski definition) is 4. The topological polar surface area (TPSA) is 68.0 Å². The van der Waals surface area contributed by atoms with Gasteiger partial charge >= 0.3 is 0 Å². The summed E-state index contributed by atoms with van der Waals surface area (Å²) in [4.78, 5) is 16.8. The van der Waals surface area contributed by atoms with Crippen LogP contribution in [-0.4, -0.2) is 23.0 Å². The number of aromatic nitrogens is 1. The van der Waals surface area contributed by atoms with Gasteiger partial charge in [-0.3, -0.25) is 4.79 Å². The van der Waals surface area contributed by atoms with Crippen molar-refractivity contribution < 1.29 is 4.79 Å². The Hall–Kier alpha value is -1.72. The first-order chi connectivity index (χ1) is 11.1. The van der Waals surface area contributed by atoms with Gasteiger partial charge in [-0.1, -0.05) is 44.2 Å². The van der Waals surface area contributed by atoms with Gasteiger partial charge in [0.2, 0.25) is 5.91 Å². The predicted octanol–water partition coefficient (Wildman–Crippen LogP) is 2.91. The van der Waals surface area contributed by atoms with E-state index in [1.165, 1.54) is 5.56 Å². The number of nitrogens with two attached hydrogens (primary N) is 1. The first-order valence-electron chi connectivity index (χ1n) is 8.09. The summed E-state index contributed by atoms with van der Waals surface area (Å²) in [6.45, 7) is 4.57. The van der Waals surface area contributed by atoms with Crippen LogP contribution in [0.25, 0.3) is 0 Å². The molecule has 0 aliphatic heterocycles. The van der Waals surface area contributed by atoms with Gasteiger partial charge in [0, 0.05) is 18.3 Å². The third-order valence-corrected chi connectivity index (χ3v) is 5.19. The number of thiazole rings is 1. The smallest absolute Gasteiger partial charge is 0.226 e. The summed E-state index contributed by atoms with van der Waals surface area (Å²) < 4.78 is 0. The Labute approximate surface area is 142 Å². The molecule has 0 radical (unpaired) electrons. The number of benzene rings is 1. The van der Waals surface area contributed by atoms with Crippen LogP contribution in [-0.2, 0) is 17.6 Å². The first kappa shape index (κ1) is 17.6. The number of amides is 1. The SMILES string of the molecule is CCC(CC)(CN)NC(=O)Cc1csc(Cc2ccccc2)n1. The van der Waals surface area contributed by atoms with E-state index in [9.17, 15) is 4.79 Å². The van der Waals surface area contributed by atoms with Gasteiger partial charge in [0.1, 0.15) is 0 Å². The molecule has 3 N–H and O–H groups in total. The van der Waals surface area contributed by atoms with Crippen molar-refractivity contribution in [2.45, 2.75) is 45.1 Å². The maximum Gasteiger partial charge on any atom is 0.226 e. The highest BCUT2D eigenvalue weighted by Crippen LogP contribution is 2.17. The Bertz CT molecular complexity index is 612. The third kappa shape index (κ3) is 4.88. The van der Waals surface area contributed by atoms with Crippen molar-refractivity contribution in [1.29, 1.82) is 0 Å². The molecule has 0 aliphatic carbocycles. The maximum atomic E-state index is 12.3.